The zero-order chi connectivity index (χ0) is 22.4. The second-order valence-electron chi connectivity index (χ2n) is 8.38. The standard InChI is InChI=1S/C25H15Cl2NO4/c26-12-9-10-17(27)18(11-12)28-22(29)20-19-13-5-1-3-7-15(13)25(24(31)32,21(20)23(28)30)16-8-4-2-6-14(16)19/h1-11,19-21H,(H,31,32)/t19?,20-,21+,25?/m0/s1. The fourth-order valence-electron chi connectivity index (χ4n) is 6.03. The van der Waals surface area contributed by atoms with Crippen molar-refractivity contribution in [3.63, 3.8) is 0 Å². The molecule has 2 bridgehead atoms. The lowest BCUT2D eigenvalue weighted by Crippen LogP contribution is -2.57. The molecule has 0 spiro atoms. The third-order valence-corrected chi connectivity index (χ3v) is 7.66. The third kappa shape index (κ3) is 2.13. The van der Waals surface area contributed by atoms with Crippen molar-refractivity contribution >= 4 is 46.7 Å². The van der Waals surface area contributed by atoms with Crippen molar-refractivity contribution in [2.24, 2.45) is 11.8 Å². The number of hydrogen-bond acceptors (Lipinski definition) is 3. The van der Waals surface area contributed by atoms with Crippen molar-refractivity contribution in [2.75, 3.05) is 4.90 Å². The largest absolute Gasteiger partial charge is 0.480 e. The molecule has 3 aromatic rings. The number of aliphatic carboxylic acids is 1. The zero-order valence-corrected chi connectivity index (χ0v) is 18.0. The fraction of sp³-hybridized carbons (Fsp3) is 0.160. The molecule has 2 atom stereocenters. The smallest absolute Gasteiger partial charge is 0.319 e. The van der Waals surface area contributed by atoms with E-state index in [9.17, 15) is 19.5 Å². The third-order valence-electron chi connectivity index (χ3n) is 7.10. The Morgan fingerprint density at radius 3 is 2.06 bits per heavy atom. The second kappa shape index (κ2) is 6.44. The first kappa shape index (κ1) is 19.5. The Morgan fingerprint density at radius 1 is 0.875 bits per heavy atom. The van der Waals surface area contributed by atoms with Gasteiger partial charge in [-0.15, -0.1) is 0 Å². The Hall–Kier alpha value is -3.15. The Morgan fingerprint density at radius 2 is 1.47 bits per heavy atom. The molecule has 1 heterocycles. The zero-order valence-electron chi connectivity index (χ0n) is 16.5. The first-order valence-electron chi connectivity index (χ1n) is 10.1. The topological polar surface area (TPSA) is 74.7 Å². The SMILES string of the molecule is O=C1[C@H]2C3c4ccccc4C(C(=O)O)(c4ccccc43)[C@H]2C(=O)N1c1cc(Cl)ccc1Cl. The number of rotatable bonds is 2. The molecule has 1 fully saturated rings. The summed E-state index contributed by atoms with van der Waals surface area (Å²) in [6.07, 6.45) is 0. The number of imide groups is 1. The molecule has 4 aliphatic rings. The molecule has 3 aliphatic carbocycles. The predicted octanol–water partition coefficient (Wildman–Crippen LogP) is 4.63. The highest BCUT2D eigenvalue weighted by atomic mass is 35.5. The van der Waals surface area contributed by atoms with Crippen molar-refractivity contribution in [2.45, 2.75) is 11.3 Å². The van der Waals surface area contributed by atoms with Gasteiger partial charge in [0.1, 0.15) is 5.41 Å². The van der Waals surface area contributed by atoms with Gasteiger partial charge in [-0.05, 0) is 40.5 Å². The lowest BCUT2D eigenvalue weighted by Gasteiger charge is -2.51. The number of carbonyl (C=O) groups excluding carboxylic acids is 2. The van der Waals surface area contributed by atoms with Crippen LogP contribution in [0.4, 0.5) is 5.69 Å². The average molecular weight is 464 g/mol. The van der Waals surface area contributed by atoms with Crippen LogP contribution in [-0.4, -0.2) is 22.9 Å². The van der Waals surface area contributed by atoms with E-state index in [4.69, 9.17) is 23.2 Å². The van der Waals surface area contributed by atoms with Crippen LogP contribution < -0.4 is 4.90 Å². The predicted molar refractivity (Wildman–Crippen MR) is 119 cm³/mol. The van der Waals surface area contributed by atoms with E-state index in [0.717, 1.165) is 16.0 Å². The highest BCUT2D eigenvalue weighted by Gasteiger charge is 2.71. The number of halogens is 2. The van der Waals surface area contributed by atoms with Gasteiger partial charge in [0.05, 0.1) is 22.5 Å². The summed E-state index contributed by atoms with van der Waals surface area (Å²) in [6.45, 7) is 0. The highest BCUT2D eigenvalue weighted by molar-refractivity contribution is 6.38. The number of nitrogens with zero attached hydrogens (tertiary/aromatic N) is 1. The van der Waals surface area contributed by atoms with E-state index in [0.29, 0.717) is 16.1 Å². The van der Waals surface area contributed by atoms with E-state index >= 15 is 0 Å². The molecule has 3 aromatic carbocycles. The Balaban J connectivity index is 1.68. The molecular formula is C25H15Cl2NO4. The van der Waals surface area contributed by atoms with Gasteiger partial charge in [0.15, 0.2) is 0 Å². The molecule has 0 unspecified atom stereocenters. The van der Waals surface area contributed by atoms with Gasteiger partial charge in [0, 0.05) is 10.9 Å². The van der Waals surface area contributed by atoms with Gasteiger partial charge in [-0.2, -0.15) is 0 Å². The molecule has 158 valence electrons. The number of carbonyl (C=O) groups is 3. The molecule has 7 heteroatoms. The maximum atomic E-state index is 13.9. The molecule has 2 amide bonds. The molecule has 1 aliphatic heterocycles. The van der Waals surface area contributed by atoms with Crippen LogP contribution in [0.5, 0.6) is 0 Å². The molecule has 1 N–H and O–H groups in total. The minimum absolute atomic E-state index is 0.177. The average Bonchev–Trinajstić information content (AvgIpc) is 3.06. The molecule has 0 saturated carbocycles. The summed E-state index contributed by atoms with van der Waals surface area (Å²) in [7, 11) is 0. The lowest BCUT2D eigenvalue weighted by molar-refractivity contribution is -0.149. The number of carboxylic acid groups (broad SMARTS) is 1. The highest BCUT2D eigenvalue weighted by Crippen LogP contribution is 2.64. The maximum Gasteiger partial charge on any atom is 0.319 e. The Kier molecular flexibility index (Phi) is 3.93. The number of carboxylic acids is 1. The van der Waals surface area contributed by atoms with Crippen LogP contribution in [-0.2, 0) is 19.8 Å². The van der Waals surface area contributed by atoms with Crippen LogP contribution in [0.25, 0.3) is 0 Å². The molecule has 0 aromatic heterocycles. The number of benzene rings is 3. The van der Waals surface area contributed by atoms with Crippen molar-refractivity contribution in [3.8, 4) is 0 Å². The number of amides is 2. The fourth-order valence-corrected chi connectivity index (χ4v) is 6.40. The maximum absolute atomic E-state index is 13.9. The second-order valence-corrected chi connectivity index (χ2v) is 9.22. The summed E-state index contributed by atoms with van der Waals surface area (Å²) in [5.41, 5.74) is 1.19. The summed E-state index contributed by atoms with van der Waals surface area (Å²) in [4.78, 5) is 41.8. The Labute approximate surface area is 193 Å². The van der Waals surface area contributed by atoms with E-state index in [1.54, 1.807) is 30.3 Å². The summed E-state index contributed by atoms with van der Waals surface area (Å²) in [5, 5.41) is 11.2. The summed E-state index contributed by atoms with van der Waals surface area (Å²) >= 11 is 12.5. The van der Waals surface area contributed by atoms with Gasteiger partial charge in [-0.3, -0.25) is 14.4 Å². The van der Waals surface area contributed by atoms with Crippen LogP contribution in [0.15, 0.2) is 66.7 Å². The number of hydrogen-bond donors (Lipinski definition) is 1. The quantitative estimate of drug-likeness (QED) is 0.562. The van der Waals surface area contributed by atoms with Gasteiger partial charge < -0.3 is 5.11 Å². The van der Waals surface area contributed by atoms with Crippen LogP contribution in [0.3, 0.4) is 0 Å². The first-order valence-corrected chi connectivity index (χ1v) is 10.9. The van der Waals surface area contributed by atoms with Gasteiger partial charge in [-0.1, -0.05) is 71.7 Å². The van der Waals surface area contributed by atoms with Crippen LogP contribution >= 0.6 is 23.2 Å². The lowest BCUT2D eigenvalue weighted by atomic mass is 9.47. The van der Waals surface area contributed by atoms with Crippen LogP contribution in [0, 0.1) is 11.8 Å². The molecule has 7 rings (SSSR count). The van der Waals surface area contributed by atoms with Crippen molar-refractivity contribution < 1.29 is 19.5 Å². The summed E-state index contributed by atoms with van der Waals surface area (Å²) in [6, 6.07) is 19.0. The minimum Gasteiger partial charge on any atom is -0.480 e. The molecule has 1 saturated heterocycles. The van der Waals surface area contributed by atoms with Gasteiger partial charge in [0.2, 0.25) is 11.8 Å². The number of anilines is 1. The molecular weight excluding hydrogens is 449 g/mol. The van der Waals surface area contributed by atoms with E-state index in [-0.39, 0.29) is 10.7 Å². The molecule has 5 nitrogen and oxygen atoms in total. The normalized spacial score (nSPS) is 27.2. The van der Waals surface area contributed by atoms with E-state index in [2.05, 4.69) is 0 Å². The van der Waals surface area contributed by atoms with E-state index in [1.165, 1.54) is 12.1 Å². The van der Waals surface area contributed by atoms with Crippen LogP contribution in [0.2, 0.25) is 10.0 Å². The molecule has 32 heavy (non-hydrogen) atoms. The van der Waals surface area contributed by atoms with Crippen LogP contribution in [0.1, 0.15) is 28.2 Å². The summed E-state index contributed by atoms with van der Waals surface area (Å²) in [5.74, 6) is -4.53. The van der Waals surface area contributed by atoms with Crippen molar-refractivity contribution in [1.29, 1.82) is 0 Å². The monoisotopic (exact) mass is 463 g/mol. The Bertz CT molecular complexity index is 1320. The first-order chi connectivity index (χ1) is 15.4. The molecule has 0 radical (unpaired) electrons. The van der Waals surface area contributed by atoms with Gasteiger partial charge in [-0.25, -0.2) is 4.90 Å². The van der Waals surface area contributed by atoms with Crippen molar-refractivity contribution in [3.05, 3.63) is 99.0 Å². The van der Waals surface area contributed by atoms with Gasteiger partial charge >= 0.3 is 5.97 Å². The van der Waals surface area contributed by atoms with E-state index < -0.39 is 41.0 Å². The van der Waals surface area contributed by atoms with Gasteiger partial charge in [0.25, 0.3) is 0 Å². The van der Waals surface area contributed by atoms with E-state index in [1.807, 2.05) is 24.3 Å². The van der Waals surface area contributed by atoms with Crippen molar-refractivity contribution in [1.82, 2.24) is 0 Å². The minimum atomic E-state index is -1.67. The summed E-state index contributed by atoms with van der Waals surface area (Å²) < 4.78 is 0.